The molecule has 0 radical (unpaired) electrons. The van der Waals surface area contributed by atoms with Crippen molar-refractivity contribution in [3.05, 3.63) is 65.4 Å². The highest BCUT2D eigenvalue weighted by Gasteiger charge is 2.17. The third-order valence-corrected chi connectivity index (χ3v) is 6.23. The minimum atomic E-state index is -0.239. The minimum Gasteiger partial charge on any atom is -0.484 e. The van der Waals surface area contributed by atoms with Crippen molar-refractivity contribution in [1.82, 2.24) is 14.8 Å². The summed E-state index contributed by atoms with van der Waals surface area (Å²) in [5.74, 6) is 1.02. The summed E-state index contributed by atoms with van der Waals surface area (Å²) in [7, 11) is 0. The van der Waals surface area contributed by atoms with Crippen LogP contribution in [0.2, 0.25) is 0 Å². The number of nitrogens with one attached hydrogen (secondary N) is 1. The first-order valence-corrected chi connectivity index (χ1v) is 10.9. The third kappa shape index (κ3) is 3.80. The smallest absolute Gasteiger partial charge is 0.263 e. The number of anilines is 1. The maximum Gasteiger partial charge on any atom is 0.263 e. The lowest BCUT2D eigenvalue weighted by Gasteiger charge is -2.14. The number of fused-ring (bicyclic) bond motifs is 2. The van der Waals surface area contributed by atoms with Gasteiger partial charge in [0.05, 0.1) is 15.9 Å². The van der Waals surface area contributed by atoms with Crippen molar-refractivity contribution in [3.8, 4) is 10.9 Å². The van der Waals surface area contributed by atoms with Gasteiger partial charge in [0, 0.05) is 6.07 Å². The zero-order valence-electron chi connectivity index (χ0n) is 16.7. The molecule has 5 rings (SSSR count). The number of amides is 1. The fourth-order valence-electron chi connectivity index (χ4n) is 3.81. The molecule has 0 saturated heterocycles. The van der Waals surface area contributed by atoms with Crippen molar-refractivity contribution >= 4 is 33.3 Å². The lowest BCUT2D eigenvalue weighted by molar-refractivity contribution is -0.118. The summed E-state index contributed by atoms with van der Waals surface area (Å²) in [5, 5.41) is 8.21. The molecule has 1 aliphatic rings. The van der Waals surface area contributed by atoms with E-state index in [1.807, 2.05) is 43.3 Å². The van der Waals surface area contributed by atoms with E-state index >= 15 is 0 Å². The summed E-state index contributed by atoms with van der Waals surface area (Å²) in [4.78, 5) is 17.2. The van der Waals surface area contributed by atoms with E-state index < -0.39 is 0 Å². The highest BCUT2D eigenvalue weighted by Crippen LogP contribution is 2.32. The van der Waals surface area contributed by atoms with Crippen molar-refractivity contribution in [1.29, 1.82) is 0 Å². The molecule has 1 N–H and O–H groups in total. The molecule has 0 fully saturated rings. The standard InChI is InChI=1S/C23H22N4O2S/c1-15-11-21(25-22(28)14-29-18-9-3-2-4-10-18)27(26-15)23-24-19-12-16-7-5-6-8-17(16)13-20(19)30-23/h2-4,9-13H,5-8,14H2,1H3,(H,25,28). The number of para-hydroxylation sites is 1. The van der Waals surface area contributed by atoms with E-state index in [1.54, 1.807) is 16.0 Å². The highest BCUT2D eigenvalue weighted by molar-refractivity contribution is 7.20. The molecule has 0 aliphatic heterocycles. The van der Waals surface area contributed by atoms with Crippen molar-refractivity contribution in [3.63, 3.8) is 0 Å². The number of ether oxygens (including phenoxy) is 1. The Hall–Kier alpha value is -3.19. The van der Waals surface area contributed by atoms with Gasteiger partial charge in [-0.2, -0.15) is 9.78 Å². The number of carbonyl (C=O) groups excluding carboxylic acids is 1. The fraction of sp³-hybridized carbons (Fsp3) is 0.261. The maximum atomic E-state index is 12.4. The Morgan fingerprint density at radius 3 is 2.70 bits per heavy atom. The topological polar surface area (TPSA) is 69.0 Å². The molecule has 152 valence electrons. The summed E-state index contributed by atoms with van der Waals surface area (Å²) < 4.78 is 8.41. The van der Waals surface area contributed by atoms with E-state index in [9.17, 15) is 4.79 Å². The SMILES string of the molecule is Cc1cc(NC(=O)COc2ccccc2)n(-c2nc3cc4c(cc3s2)CCCC4)n1. The van der Waals surface area contributed by atoms with Gasteiger partial charge in [0.15, 0.2) is 6.61 Å². The van der Waals surface area contributed by atoms with Gasteiger partial charge in [-0.1, -0.05) is 29.5 Å². The lowest BCUT2D eigenvalue weighted by atomic mass is 9.92. The molecule has 0 unspecified atom stereocenters. The zero-order chi connectivity index (χ0) is 20.5. The van der Waals surface area contributed by atoms with Gasteiger partial charge in [-0.3, -0.25) is 4.79 Å². The number of hydrogen-bond acceptors (Lipinski definition) is 5. The highest BCUT2D eigenvalue weighted by atomic mass is 32.1. The van der Waals surface area contributed by atoms with Gasteiger partial charge in [0.2, 0.25) is 5.13 Å². The van der Waals surface area contributed by atoms with Crippen LogP contribution in [0.5, 0.6) is 5.75 Å². The van der Waals surface area contributed by atoms with Gasteiger partial charge < -0.3 is 10.1 Å². The van der Waals surface area contributed by atoms with Gasteiger partial charge >= 0.3 is 0 Å². The minimum absolute atomic E-state index is 0.0686. The van der Waals surface area contributed by atoms with Gasteiger partial charge in [-0.05, 0) is 68.0 Å². The number of nitrogens with zero attached hydrogens (tertiary/aromatic N) is 3. The van der Waals surface area contributed by atoms with E-state index in [1.165, 1.54) is 24.0 Å². The van der Waals surface area contributed by atoms with Crippen LogP contribution in [-0.4, -0.2) is 27.3 Å². The number of thiazole rings is 1. The summed E-state index contributed by atoms with van der Waals surface area (Å²) >= 11 is 1.59. The normalized spacial score (nSPS) is 13.2. The van der Waals surface area contributed by atoms with Crippen molar-refractivity contribution in [2.45, 2.75) is 32.6 Å². The van der Waals surface area contributed by atoms with Crippen molar-refractivity contribution < 1.29 is 9.53 Å². The van der Waals surface area contributed by atoms with E-state index in [0.717, 1.165) is 33.9 Å². The van der Waals surface area contributed by atoms with Crippen LogP contribution in [0.25, 0.3) is 15.3 Å². The van der Waals surface area contributed by atoms with Crippen LogP contribution in [0.4, 0.5) is 5.82 Å². The summed E-state index contributed by atoms with van der Waals surface area (Å²) in [6.07, 6.45) is 4.77. The van der Waals surface area contributed by atoms with Crippen molar-refractivity contribution in [2.24, 2.45) is 0 Å². The largest absolute Gasteiger partial charge is 0.484 e. The van der Waals surface area contributed by atoms with Crippen LogP contribution in [0.3, 0.4) is 0 Å². The number of rotatable bonds is 5. The first kappa shape index (κ1) is 18.8. The average molecular weight is 419 g/mol. The predicted molar refractivity (Wildman–Crippen MR) is 119 cm³/mol. The van der Waals surface area contributed by atoms with Crippen LogP contribution in [0, 0.1) is 6.92 Å². The fourth-order valence-corrected chi connectivity index (χ4v) is 4.79. The van der Waals surface area contributed by atoms with Crippen LogP contribution in [-0.2, 0) is 17.6 Å². The Balaban J connectivity index is 1.38. The number of aryl methyl sites for hydroxylation is 3. The van der Waals surface area contributed by atoms with Gasteiger partial charge in [0.1, 0.15) is 11.6 Å². The molecular formula is C23H22N4O2S. The number of hydrogen-bond donors (Lipinski definition) is 1. The lowest BCUT2D eigenvalue weighted by Crippen LogP contribution is -2.21. The number of carbonyl (C=O) groups is 1. The van der Waals surface area contributed by atoms with Crippen LogP contribution >= 0.6 is 11.3 Å². The monoisotopic (exact) mass is 418 g/mol. The quantitative estimate of drug-likeness (QED) is 0.511. The third-order valence-electron chi connectivity index (χ3n) is 5.23. The predicted octanol–water partition coefficient (Wildman–Crippen LogP) is 4.69. The van der Waals surface area contributed by atoms with Gasteiger partial charge in [-0.25, -0.2) is 4.98 Å². The molecule has 0 spiro atoms. The Kier molecular flexibility index (Phi) is 4.96. The summed E-state index contributed by atoms with van der Waals surface area (Å²) in [6, 6.07) is 15.6. The molecule has 1 amide bonds. The second-order valence-electron chi connectivity index (χ2n) is 7.52. The molecule has 6 nitrogen and oxygen atoms in total. The number of aromatic nitrogens is 3. The van der Waals surface area contributed by atoms with Crippen LogP contribution < -0.4 is 10.1 Å². The van der Waals surface area contributed by atoms with E-state index in [0.29, 0.717) is 11.6 Å². The Morgan fingerprint density at radius 2 is 1.90 bits per heavy atom. The Morgan fingerprint density at radius 1 is 1.13 bits per heavy atom. The van der Waals surface area contributed by atoms with E-state index in [2.05, 4.69) is 22.5 Å². The zero-order valence-corrected chi connectivity index (χ0v) is 17.5. The van der Waals surface area contributed by atoms with Crippen LogP contribution in [0.15, 0.2) is 48.5 Å². The van der Waals surface area contributed by atoms with Crippen molar-refractivity contribution in [2.75, 3.05) is 11.9 Å². The Labute approximate surface area is 178 Å². The molecule has 2 aromatic carbocycles. The van der Waals surface area contributed by atoms with Gasteiger partial charge in [0.25, 0.3) is 5.91 Å². The molecule has 0 saturated carbocycles. The molecule has 0 atom stereocenters. The van der Waals surface area contributed by atoms with Crippen LogP contribution in [0.1, 0.15) is 29.7 Å². The second kappa shape index (κ2) is 7.91. The summed E-state index contributed by atoms with van der Waals surface area (Å²) in [6.45, 7) is 1.83. The molecule has 0 bridgehead atoms. The second-order valence-corrected chi connectivity index (χ2v) is 8.53. The van der Waals surface area contributed by atoms with E-state index in [-0.39, 0.29) is 12.5 Å². The molecule has 2 heterocycles. The first-order valence-electron chi connectivity index (χ1n) is 10.1. The first-order chi connectivity index (χ1) is 14.7. The average Bonchev–Trinajstić information content (AvgIpc) is 3.33. The molecular weight excluding hydrogens is 396 g/mol. The van der Waals surface area contributed by atoms with Gasteiger partial charge in [-0.15, -0.1) is 0 Å². The number of benzene rings is 2. The summed E-state index contributed by atoms with van der Waals surface area (Å²) in [5.41, 5.74) is 4.65. The Bertz CT molecular complexity index is 1170. The molecule has 30 heavy (non-hydrogen) atoms. The molecule has 4 aromatic rings. The maximum absolute atomic E-state index is 12.4. The van der Waals surface area contributed by atoms with E-state index in [4.69, 9.17) is 9.72 Å². The molecule has 1 aliphatic carbocycles. The molecule has 7 heteroatoms. The molecule has 2 aromatic heterocycles.